The first-order chi connectivity index (χ1) is 13.0. The fourth-order valence-corrected chi connectivity index (χ4v) is 3.30. The first kappa shape index (κ1) is 18.5. The van der Waals surface area contributed by atoms with E-state index in [1.807, 2.05) is 13.8 Å². The number of nitrogens with zero attached hydrogens (tertiary/aromatic N) is 2. The molecule has 1 atom stereocenters. The molecule has 0 saturated heterocycles. The first-order valence-electron chi connectivity index (χ1n) is 8.42. The average Bonchev–Trinajstić information content (AvgIpc) is 3.09. The Kier molecular flexibility index (Phi) is 4.86. The molecule has 0 amide bonds. The number of fused-ring (bicyclic) bond motifs is 1. The van der Waals surface area contributed by atoms with E-state index >= 15 is 0 Å². The molecule has 0 unspecified atom stereocenters. The number of nitrogens with one attached hydrogen (secondary N) is 1. The van der Waals surface area contributed by atoms with Gasteiger partial charge in [-0.15, -0.1) is 5.10 Å². The van der Waals surface area contributed by atoms with Gasteiger partial charge in [-0.1, -0.05) is 13.8 Å². The van der Waals surface area contributed by atoms with E-state index in [9.17, 15) is 5.26 Å². The Balaban J connectivity index is 2.33. The second-order valence-corrected chi connectivity index (χ2v) is 6.38. The summed E-state index contributed by atoms with van der Waals surface area (Å²) in [6, 6.07) is 5.69. The summed E-state index contributed by atoms with van der Waals surface area (Å²) in [5.74, 6) is 1.60. The molecule has 2 heterocycles. The summed E-state index contributed by atoms with van der Waals surface area (Å²) in [5, 5.41) is 17.0. The Bertz CT molecular complexity index is 940. The molecule has 0 spiro atoms. The highest BCUT2D eigenvalue weighted by Gasteiger charge is 2.37. The maximum Gasteiger partial charge on any atom is 0.244 e. The second kappa shape index (κ2) is 7.11. The van der Waals surface area contributed by atoms with E-state index in [2.05, 4.69) is 16.3 Å². The van der Waals surface area contributed by atoms with Crippen LogP contribution in [0.3, 0.4) is 0 Å². The van der Waals surface area contributed by atoms with Crippen molar-refractivity contribution in [3.05, 3.63) is 40.4 Å². The number of rotatable bonds is 5. The molecule has 3 rings (SSSR count). The summed E-state index contributed by atoms with van der Waals surface area (Å²) < 4.78 is 22.0. The Morgan fingerprint density at radius 2 is 1.78 bits per heavy atom. The van der Waals surface area contributed by atoms with Crippen LogP contribution in [-0.4, -0.2) is 31.5 Å². The lowest BCUT2D eigenvalue weighted by Crippen LogP contribution is -2.22. The lowest BCUT2D eigenvalue weighted by molar-refractivity contribution is 0.346. The van der Waals surface area contributed by atoms with Crippen LogP contribution in [0.5, 0.6) is 23.1 Å². The molecule has 0 fully saturated rings. The molecule has 1 aliphatic rings. The van der Waals surface area contributed by atoms with Crippen molar-refractivity contribution in [2.24, 2.45) is 5.73 Å². The minimum atomic E-state index is -0.510. The number of methoxy groups -OCH3 is 3. The lowest BCUT2D eigenvalue weighted by Gasteiger charge is -2.26. The van der Waals surface area contributed by atoms with Crippen molar-refractivity contribution >= 4 is 0 Å². The Morgan fingerprint density at radius 3 is 2.33 bits per heavy atom. The first-order valence-corrected chi connectivity index (χ1v) is 8.42. The molecule has 1 aromatic heterocycles. The van der Waals surface area contributed by atoms with Crippen LogP contribution >= 0.6 is 0 Å². The third-order valence-electron chi connectivity index (χ3n) is 4.59. The largest absolute Gasteiger partial charge is 0.496 e. The van der Waals surface area contributed by atoms with Gasteiger partial charge >= 0.3 is 0 Å². The zero-order valence-corrected chi connectivity index (χ0v) is 15.9. The maximum absolute atomic E-state index is 9.78. The summed E-state index contributed by atoms with van der Waals surface area (Å²) in [6.45, 7) is 4.06. The van der Waals surface area contributed by atoms with Gasteiger partial charge in [0.05, 0.1) is 32.8 Å². The van der Waals surface area contributed by atoms with Gasteiger partial charge in [0.25, 0.3) is 0 Å². The van der Waals surface area contributed by atoms with E-state index in [1.54, 1.807) is 33.5 Å². The SMILES string of the molecule is COc1cc(OC)c([C@@H]2C(C#N)=C(N)Oc3n[nH]c(C(C)C)c32)cc1OC. The highest BCUT2D eigenvalue weighted by molar-refractivity contribution is 5.62. The number of nitrogens with two attached hydrogens (primary N) is 1. The van der Waals surface area contributed by atoms with Gasteiger partial charge in [0.1, 0.15) is 17.4 Å². The topological polar surface area (TPSA) is 115 Å². The summed E-state index contributed by atoms with van der Waals surface area (Å²) in [4.78, 5) is 0. The quantitative estimate of drug-likeness (QED) is 0.831. The van der Waals surface area contributed by atoms with Crippen LogP contribution < -0.4 is 24.7 Å². The van der Waals surface area contributed by atoms with Crippen molar-refractivity contribution < 1.29 is 18.9 Å². The molecule has 1 aliphatic heterocycles. The minimum Gasteiger partial charge on any atom is -0.496 e. The molecule has 0 saturated carbocycles. The predicted octanol–water partition coefficient (Wildman–Crippen LogP) is 2.78. The molecule has 8 nitrogen and oxygen atoms in total. The number of H-pyrrole nitrogens is 1. The van der Waals surface area contributed by atoms with Crippen molar-refractivity contribution in [3.63, 3.8) is 0 Å². The van der Waals surface area contributed by atoms with Crippen LogP contribution in [0.1, 0.15) is 42.5 Å². The number of nitriles is 1. The highest BCUT2D eigenvalue weighted by atomic mass is 16.5. The summed E-state index contributed by atoms with van der Waals surface area (Å²) in [7, 11) is 4.66. The number of aromatic amines is 1. The van der Waals surface area contributed by atoms with Crippen molar-refractivity contribution in [2.45, 2.75) is 25.7 Å². The summed E-state index contributed by atoms with van der Waals surface area (Å²) >= 11 is 0. The van der Waals surface area contributed by atoms with Gasteiger partial charge < -0.3 is 24.7 Å². The van der Waals surface area contributed by atoms with Gasteiger partial charge in [-0.3, -0.25) is 5.10 Å². The molecule has 1 aromatic carbocycles. The number of hydrogen-bond acceptors (Lipinski definition) is 7. The zero-order valence-electron chi connectivity index (χ0n) is 15.9. The molecular weight excluding hydrogens is 348 g/mol. The van der Waals surface area contributed by atoms with Crippen LogP contribution in [0, 0.1) is 11.3 Å². The molecule has 3 N–H and O–H groups in total. The van der Waals surface area contributed by atoms with E-state index in [-0.39, 0.29) is 17.4 Å². The molecule has 8 heteroatoms. The molecule has 27 heavy (non-hydrogen) atoms. The zero-order chi connectivity index (χ0) is 19.7. The fourth-order valence-electron chi connectivity index (χ4n) is 3.30. The van der Waals surface area contributed by atoms with Crippen molar-refractivity contribution in [3.8, 4) is 29.2 Å². The van der Waals surface area contributed by atoms with Crippen LogP contribution in [0.15, 0.2) is 23.6 Å². The second-order valence-electron chi connectivity index (χ2n) is 6.38. The van der Waals surface area contributed by atoms with Gasteiger partial charge in [0.15, 0.2) is 11.5 Å². The van der Waals surface area contributed by atoms with Gasteiger partial charge in [0, 0.05) is 17.3 Å². The number of benzene rings is 1. The molecule has 0 radical (unpaired) electrons. The van der Waals surface area contributed by atoms with E-state index in [4.69, 9.17) is 24.7 Å². The summed E-state index contributed by atoms with van der Waals surface area (Å²) in [6.07, 6.45) is 0. The van der Waals surface area contributed by atoms with Gasteiger partial charge in [-0.05, 0) is 12.0 Å². The molecule has 142 valence electrons. The maximum atomic E-state index is 9.78. The van der Waals surface area contributed by atoms with Crippen molar-refractivity contribution in [2.75, 3.05) is 21.3 Å². The van der Waals surface area contributed by atoms with E-state index in [0.717, 1.165) is 11.3 Å². The van der Waals surface area contributed by atoms with Crippen LogP contribution in [0.4, 0.5) is 0 Å². The fraction of sp³-hybridized carbons (Fsp3) is 0.368. The molecule has 0 bridgehead atoms. The van der Waals surface area contributed by atoms with E-state index < -0.39 is 5.92 Å². The van der Waals surface area contributed by atoms with E-state index in [1.165, 1.54) is 0 Å². The predicted molar refractivity (Wildman–Crippen MR) is 98.1 cm³/mol. The van der Waals surface area contributed by atoms with Crippen molar-refractivity contribution in [1.29, 1.82) is 5.26 Å². The standard InChI is InChI=1S/C19H22N4O4/c1-9(2)17-16-15(11(8-20)18(21)27-19(16)23-22-17)10-6-13(25-4)14(26-5)7-12(10)24-3/h6-7,9,15H,21H2,1-5H3,(H,22,23)/t15-/m1/s1. The van der Waals surface area contributed by atoms with Gasteiger partial charge in [-0.2, -0.15) is 5.26 Å². The lowest BCUT2D eigenvalue weighted by atomic mass is 9.82. The third kappa shape index (κ3) is 2.91. The minimum absolute atomic E-state index is 0.0219. The Hall–Kier alpha value is -3.34. The Morgan fingerprint density at radius 1 is 1.15 bits per heavy atom. The number of aromatic nitrogens is 2. The number of hydrogen-bond donors (Lipinski definition) is 2. The smallest absolute Gasteiger partial charge is 0.244 e. The van der Waals surface area contributed by atoms with Crippen LogP contribution in [-0.2, 0) is 0 Å². The number of ether oxygens (including phenoxy) is 4. The monoisotopic (exact) mass is 370 g/mol. The Labute approximate surface area is 157 Å². The van der Waals surface area contributed by atoms with Gasteiger partial charge in [-0.25, -0.2) is 0 Å². The van der Waals surface area contributed by atoms with E-state index in [0.29, 0.717) is 28.7 Å². The number of allylic oxidation sites excluding steroid dienone is 1. The van der Waals surface area contributed by atoms with Crippen LogP contribution in [0.2, 0.25) is 0 Å². The summed E-state index contributed by atoms with van der Waals surface area (Å²) in [5.41, 5.74) is 8.65. The normalized spacial score (nSPS) is 15.8. The van der Waals surface area contributed by atoms with Crippen molar-refractivity contribution in [1.82, 2.24) is 10.2 Å². The van der Waals surface area contributed by atoms with Crippen LogP contribution in [0.25, 0.3) is 0 Å². The molecule has 0 aliphatic carbocycles. The van der Waals surface area contributed by atoms with Gasteiger partial charge in [0.2, 0.25) is 11.8 Å². The molecular formula is C19H22N4O4. The molecule has 2 aromatic rings. The third-order valence-corrected chi connectivity index (χ3v) is 4.59. The average molecular weight is 370 g/mol. The highest BCUT2D eigenvalue weighted by Crippen LogP contribution is 2.49.